The zero-order valence-corrected chi connectivity index (χ0v) is 10.9. The summed E-state index contributed by atoms with van der Waals surface area (Å²) in [6.45, 7) is 1.49. The minimum absolute atomic E-state index is 0.150. The largest absolute Gasteiger partial charge is 0.341 e. The summed E-state index contributed by atoms with van der Waals surface area (Å²) in [7, 11) is 0. The first-order valence-corrected chi connectivity index (χ1v) is 6.74. The molecule has 2 aromatic carbocycles. The van der Waals surface area contributed by atoms with Gasteiger partial charge in [-0.15, -0.1) is 0 Å². The molecule has 0 saturated carbocycles. The van der Waals surface area contributed by atoms with Crippen LogP contribution < -0.4 is 5.73 Å². The highest BCUT2D eigenvalue weighted by Crippen LogP contribution is 2.20. The zero-order valence-electron chi connectivity index (χ0n) is 10.9. The number of amides is 1. The van der Waals surface area contributed by atoms with E-state index in [2.05, 4.69) is 18.2 Å². The van der Waals surface area contributed by atoms with Crippen molar-refractivity contribution in [3.8, 4) is 0 Å². The van der Waals surface area contributed by atoms with Crippen LogP contribution in [-0.4, -0.2) is 29.9 Å². The van der Waals surface area contributed by atoms with Gasteiger partial charge in [-0.3, -0.25) is 4.79 Å². The number of rotatable bonds is 2. The SMILES string of the molecule is N[C@@H]1CCN(C(=O)Cc2cccc3ccccc23)C1. The van der Waals surface area contributed by atoms with Crippen molar-refractivity contribution in [1.29, 1.82) is 0 Å². The molecule has 0 aliphatic carbocycles. The maximum atomic E-state index is 12.3. The Morgan fingerprint density at radius 2 is 2.00 bits per heavy atom. The summed E-state index contributed by atoms with van der Waals surface area (Å²) >= 11 is 0. The first-order chi connectivity index (χ1) is 9.24. The van der Waals surface area contributed by atoms with E-state index in [1.165, 1.54) is 10.8 Å². The third-order valence-corrected chi connectivity index (χ3v) is 3.80. The fourth-order valence-corrected chi connectivity index (χ4v) is 2.74. The van der Waals surface area contributed by atoms with Gasteiger partial charge in [0.15, 0.2) is 0 Å². The van der Waals surface area contributed by atoms with Crippen LogP contribution in [-0.2, 0) is 11.2 Å². The second-order valence-corrected chi connectivity index (χ2v) is 5.20. The van der Waals surface area contributed by atoms with Crippen molar-refractivity contribution in [2.75, 3.05) is 13.1 Å². The Kier molecular flexibility index (Phi) is 3.22. The first-order valence-electron chi connectivity index (χ1n) is 6.74. The number of likely N-dealkylation sites (tertiary alicyclic amines) is 1. The molecule has 1 aliphatic heterocycles. The van der Waals surface area contributed by atoms with Gasteiger partial charge in [0.05, 0.1) is 6.42 Å². The third-order valence-electron chi connectivity index (χ3n) is 3.80. The molecule has 2 N–H and O–H groups in total. The molecule has 3 nitrogen and oxygen atoms in total. The van der Waals surface area contributed by atoms with Gasteiger partial charge < -0.3 is 10.6 Å². The van der Waals surface area contributed by atoms with Crippen LogP contribution in [0.25, 0.3) is 10.8 Å². The maximum absolute atomic E-state index is 12.3. The number of carbonyl (C=O) groups is 1. The molecule has 0 aromatic heterocycles. The van der Waals surface area contributed by atoms with E-state index in [1.807, 2.05) is 29.2 Å². The Morgan fingerprint density at radius 1 is 1.21 bits per heavy atom. The number of fused-ring (bicyclic) bond motifs is 1. The zero-order chi connectivity index (χ0) is 13.2. The molecule has 1 aliphatic rings. The lowest BCUT2D eigenvalue weighted by atomic mass is 10.0. The van der Waals surface area contributed by atoms with Gasteiger partial charge in [0, 0.05) is 19.1 Å². The van der Waals surface area contributed by atoms with Crippen LogP contribution in [0.1, 0.15) is 12.0 Å². The van der Waals surface area contributed by atoms with Crippen LogP contribution in [0, 0.1) is 0 Å². The molecule has 0 unspecified atom stereocenters. The fourth-order valence-electron chi connectivity index (χ4n) is 2.74. The van der Waals surface area contributed by atoms with E-state index in [0.717, 1.165) is 18.5 Å². The van der Waals surface area contributed by atoms with E-state index < -0.39 is 0 Å². The topological polar surface area (TPSA) is 46.3 Å². The highest BCUT2D eigenvalue weighted by molar-refractivity contribution is 5.90. The van der Waals surface area contributed by atoms with Crippen molar-refractivity contribution < 1.29 is 4.79 Å². The van der Waals surface area contributed by atoms with Gasteiger partial charge in [-0.25, -0.2) is 0 Å². The van der Waals surface area contributed by atoms with Gasteiger partial charge in [-0.1, -0.05) is 42.5 Å². The molecule has 1 heterocycles. The number of hydrogen-bond acceptors (Lipinski definition) is 2. The Bertz CT molecular complexity index is 603. The number of hydrogen-bond donors (Lipinski definition) is 1. The third kappa shape index (κ3) is 2.47. The van der Waals surface area contributed by atoms with Gasteiger partial charge in [0.1, 0.15) is 0 Å². The Hall–Kier alpha value is -1.87. The lowest BCUT2D eigenvalue weighted by molar-refractivity contribution is -0.129. The number of carbonyl (C=O) groups excluding carboxylic acids is 1. The number of nitrogens with two attached hydrogens (primary N) is 1. The Labute approximate surface area is 113 Å². The van der Waals surface area contributed by atoms with E-state index >= 15 is 0 Å². The molecule has 1 amide bonds. The standard InChI is InChI=1S/C16H18N2O/c17-14-8-9-18(11-14)16(19)10-13-6-3-5-12-4-1-2-7-15(12)13/h1-7,14H,8-11,17H2/t14-/m1/s1. The molecule has 1 atom stereocenters. The van der Waals surface area contributed by atoms with Crippen LogP contribution in [0.2, 0.25) is 0 Å². The average Bonchev–Trinajstić information content (AvgIpc) is 2.86. The molecule has 1 saturated heterocycles. The predicted octanol–water partition coefficient (Wildman–Crippen LogP) is 1.94. The molecule has 0 bridgehead atoms. The minimum Gasteiger partial charge on any atom is -0.341 e. The van der Waals surface area contributed by atoms with Gasteiger partial charge >= 0.3 is 0 Å². The summed E-state index contributed by atoms with van der Waals surface area (Å²) in [6.07, 6.45) is 1.38. The molecule has 19 heavy (non-hydrogen) atoms. The monoisotopic (exact) mass is 254 g/mol. The quantitative estimate of drug-likeness (QED) is 0.890. The van der Waals surface area contributed by atoms with Crippen LogP contribution in [0.4, 0.5) is 0 Å². The van der Waals surface area contributed by atoms with Gasteiger partial charge in [0.2, 0.25) is 5.91 Å². The van der Waals surface area contributed by atoms with Crippen LogP contribution in [0.15, 0.2) is 42.5 Å². The van der Waals surface area contributed by atoms with Crippen molar-refractivity contribution in [2.45, 2.75) is 18.9 Å². The van der Waals surface area contributed by atoms with Crippen LogP contribution >= 0.6 is 0 Å². The summed E-state index contributed by atoms with van der Waals surface area (Å²) in [6, 6.07) is 14.5. The van der Waals surface area contributed by atoms with Gasteiger partial charge in [-0.2, -0.15) is 0 Å². The summed E-state index contributed by atoms with van der Waals surface area (Å²) in [4.78, 5) is 14.2. The molecule has 0 radical (unpaired) electrons. The minimum atomic E-state index is 0.150. The normalized spacial score (nSPS) is 19.0. The molecular weight excluding hydrogens is 236 g/mol. The van der Waals surface area contributed by atoms with Crippen molar-refractivity contribution in [3.05, 3.63) is 48.0 Å². The van der Waals surface area contributed by atoms with E-state index in [0.29, 0.717) is 13.0 Å². The van der Waals surface area contributed by atoms with E-state index in [9.17, 15) is 4.79 Å². The summed E-state index contributed by atoms with van der Waals surface area (Å²) in [5.41, 5.74) is 6.95. The lowest BCUT2D eigenvalue weighted by Gasteiger charge is -2.16. The summed E-state index contributed by atoms with van der Waals surface area (Å²) in [5, 5.41) is 2.35. The van der Waals surface area contributed by atoms with Crippen molar-refractivity contribution in [2.24, 2.45) is 5.73 Å². The van der Waals surface area contributed by atoms with Crippen molar-refractivity contribution in [3.63, 3.8) is 0 Å². The molecular formula is C16H18N2O. The van der Waals surface area contributed by atoms with Crippen molar-refractivity contribution >= 4 is 16.7 Å². The van der Waals surface area contributed by atoms with E-state index in [4.69, 9.17) is 5.73 Å². The number of nitrogens with zero attached hydrogens (tertiary/aromatic N) is 1. The second-order valence-electron chi connectivity index (χ2n) is 5.20. The number of benzene rings is 2. The molecule has 2 aromatic rings. The summed E-state index contributed by atoms with van der Waals surface area (Å²) in [5.74, 6) is 0.185. The average molecular weight is 254 g/mol. The fraction of sp³-hybridized carbons (Fsp3) is 0.312. The Morgan fingerprint density at radius 3 is 2.79 bits per heavy atom. The summed E-state index contributed by atoms with van der Waals surface area (Å²) < 4.78 is 0. The first kappa shape index (κ1) is 12.2. The predicted molar refractivity (Wildman–Crippen MR) is 76.8 cm³/mol. The molecule has 98 valence electrons. The molecule has 0 spiro atoms. The van der Waals surface area contributed by atoms with E-state index in [1.54, 1.807) is 0 Å². The van der Waals surface area contributed by atoms with E-state index in [-0.39, 0.29) is 11.9 Å². The smallest absolute Gasteiger partial charge is 0.227 e. The van der Waals surface area contributed by atoms with Crippen molar-refractivity contribution in [1.82, 2.24) is 4.90 Å². The molecule has 1 fully saturated rings. The molecule has 3 heteroatoms. The second kappa shape index (κ2) is 5.02. The van der Waals surface area contributed by atoms with Gasteiger partial charge in [-0.05, 0) is 22.8 Å². The molecule has 3 rings (SSSR count). The maximum Gasteiger partial charge on any atom is 0.227 e. The van der Waals surface area contributed by atoms with Gasteiger partial charge in [0.25, 0.3) is 0 Å². The van der Waals surface area contributed by atoms with Crippen LogP contribution in [0.5, 0.6) is 0 Å². The highest BCUT2D eigenvalue weighted by Gasteiger charge is 2.23. The Balaban J connectivity index is 1.83. The highest BCUT2D eigenvalue weighted by atomic mass is 16.2. The lowest BCUT2D eigenvalue weighted by Crippen LogP contribution is -2.32. The van der Waals surface area contributed by atoms with Crippen LogP contribution in [0.3, 0.4) is 0 Å².